The van der Waals surface area contributed by atoms with Crippen LogP contribution in [-0.2, 0) is 10.2 Å². The molecule has 1 aromatic carbocycles. The molecule has 0 bridgehead atoms. The van der Waals surface area contributed by atoms with Gasteiger partial charge in [-0.1, -0.05) is 0 Å². The molecule has 4 rings (SSSR count). The van der Waals surface area contributed by atoms with Gasteiger partial charge < -0.3 is 19.5 Å². The number of nitrogens with one attached hydrogen (secondary N) is 1. The average molecular weight is 345 g/mol. The maximum absolute atomic E-state index is 12.6. The number of carbonyl (C=O) groups excluding carboxylic acids is 1. The number of amides is 1. The van der Waals surface area contributed by atoms with Crippen molar-refractivity contribution in [2.24, 2.45) is 0 Å². The van der Waals surface area contributed by atoms with Crippen molar-refractivity contribution >= 4 is 17.2 Å². The highest BCUT2D eigenvalue weighted by Gasteiger charge is 2.35. The summed E-state index contributed by atoms with van der Waals surface area (Å²) in [5, 5.41) is 7.37. The van der Waals surface area contributed by atoms with Gasteiger partial charge in [-0.3, -0.25) is 4.79 Å². The van der Waals surface area contributed by atoms with Gasteiger partial charge in [-0.25, -0.2) is 0 Å². The fraction of sp³-hybridized carbons (Fsp3) is 0.389. The van der Waals surface area contributed by atoms with Crippen molar-refractivity contribution in [3.8, 4) is 11.5 Å². The molecule has 1 aromatic heterocycles. The molecule has 0 atom stereocenters. The number of carbonyl (C=O) groups is 1. The molecule has 1 saturated heterocycles. The zero-order valence-corrected chi connectivity index (χ0v) is 14.1. The molecule has 1 N–H and O–H groups in total. The summed E-state index contributed by atoms with van der Waals surface area (Å²) in [6.45, 7) is 2.29. The number of hydrogen-bond donors (Lipinski definition) is 1. The molecular weight excluding hydrogens is 326 g/mol. The van der Waals surface area contributed by atoms with E-state index in [2.05, 4.69) is 22.1 Å². The molecule has 1 fully saturated rings. The number of rotatable bonds is 4. The van der Waals surface area contributed by atoms with Gasteiger partial charge in [-0.15, -0.1) is 0 Å². The second kappa shape index (κ2) is 6.45. The molecule has 126 valence electrons. The van der Waals surface area contributed by atoms with Crippen LogP contribution in [-0.4, -0.2) is 32.5 Å². The quantitative estimate of drug-likeness (QED) is 0.926. The van der Waals surface area contributed by atoms with Gasteiger partial charge in [0.25, 0.3) is 5.91 Å². The molecule has 2 aliphatic heterocycles. The molecular formula is C18H19NO4S. The fourth-order valence-electron chi connectivity index (χ4n) is 3.29. The van der Waals surface area contributed by atoms with E-state index in [9.17, 15) is 4.79 Å². The first-order chi connectivity index (χ1) is 11.8. The average Bonchev–Trinajstić information content (AvgIpc) is 3.31. The molecule has 2 aromatic rings. The Labute approximate surface area is 144 Å². The Kier molecular flexibility index (Phi) is 4.16. The number of ether oxygens (including phenoxy) is 3. The standard InChI is InChI=1S/C18H19NO4S/c20-17(13-1-2-15-16(9-13)23-12-22-15)19-11-18(4-6-21-7-5-18)14-3-8-24-10-14/h1-3,8-10H,4-7,11-12H2,(H,19,20). The summed E-state index contributed by atoms with van der Waals surface area (Å²) in [4.78, 5) is 12.6. The van der Waals surface area contributed by atoms with Gasteiger partial charge in [-0.2, -0.15) is 11.3 Å². The summed E-state index contributed by atoms with van der Waals surface area (Å²) in [6.07, 6.45) is 1.84. The maximum Gasteiger partial charge on any atom is 0.251 e. The Balaban J connectivity index is 1.49. The van der Waals surface area contributed by atoms with Crippen molar-refractivity contribution in [3.05, 3.63) is 46.2 Å². The summed E-state index contributed by atoms with van der Waals surface area (Å²) in [7, 11) is 0. The fourth-order valence-corrected chi connectivity index (χ4v) is 4.06. The van der Waals surface area contributed by atoms with Crippen LogP contribution < -0.4 is 14.8 Å². The van der Waals surface area contributed by atoms with Gasteiger partial charge in [0.1, 0.15) is 0 Å². The first-order valence-corrected chi connectivity index (χ1v) is 8.99. The third kappa shape index (κ3) is 2.87. The molecule has 6 heteroatoms. The van der Waals surface area contributed by atoms with Crippen molar-refractivity contribution < 1.29 is 19.0 Å². The minimum atomic E-state index is -0.0885. The van der Waals surface area contributed by atoms with Crippen LogP contribution in [0.4, 0.5) is 0 Å². The van der Waals surface area contributed by atoms with Crippen molar-refractivity contribution in [3.63, 3.8) is 0 Å². The van der Waals surface area contributed by atoms with Gasteiger partial charge in [0, 0.05) is 30.7 Å². The summed E-state index contributed by atoms with van der Waals surface area (Å²) >= 11 is 1.69. The van der Waals surface area contributed by atoms with E-state index in [4.69, 9.17) is 14.2 Å². The lowest BCUT2D eigenvalue weighted by Crippen LogP contribution is -2.44. The summed E-state index contributed by atoms with van der Waals surface area (Å²) in [5.41, 5.74) is 1.85. The Morgan fingerprint density at radius 2 is 2.00 bits per heavy atom. The van der Waals surface area contributed by atoms with Crippen molar-refractivity contribution in [1.82, 2.24) is 5.32 Å². The first-order valence-electron chi connectivity index (χ1n) is 8.05. The summed E-state index contributed by atoms with van der Waals surface area (Å²) in [6, 6.07) is 7.44. The normalized spacial score (nSPS) is 18.3. The predicted octanol–water partition coefficient (Wildman–Crippen LogP) is 2.96. The smallest absolute Gasteiger partial charge is 0.251 e. The summed E-state index contributed by atoms with van der Waals surface area (Å²) < 4.78 is 16.2. The van der Waals surface area contributed by atoms with Crippen LogP contribution in [0.3, 0.4) is 0 Å². The van der Waals surface area contributed by atoms with Gasteiger partial charge in [0.2, 0.25) is 6.79 Å². The van der Waals surface area contributed by atoms with Gasteiger partial charge in [-0.05, 0) is 53.4 Å². The van der Waals surface area contributed by atoms with Crippen LogP contribution in [0, 0.1) is 0 Å². The van der Waals surface area contributed by atoms with Gasteiger partial charge in [0.15, 0.2) is 11.5 Å². The maximum atomic E-state index is 12.6. The molecule has 0 aliphatic carbocycles. The number of fused-ring (bicyclic) bond motifs is 1. The Hall–Kier alpha value is -2.05. The van der Waals surface area contributed by atoms with Crippen LogP contribution >= 0.6 is 11.3 Å². The molecule has 0 saturated carbocycles. The second-order valence-electron chi connectivity index (χ2n) is 6.16. The molecule has 0 spiro atoms. The lowest BCUT2D eigenvalue weighted by Gasteiger charge is -2.37. The lowest BCUT2D eigenvalue weighted by molar-refractivity contribution is 0.0488. The van der Waals surface area contributed by atoms with E-state index in [0.717, 1.165) is 26.1 Å². The Bertz CT molecular complexity index is 723. The third-order valence-electron chi connectivity index (χ3n) is 4.81. The zero-order chi connectivity index (χ0) is 16.4. The van der Waals surface area contributed by atoms with Crippen molar-refractivity contribution in [2.45, 2.75) is 18.3 Å². The SMILES string of the molecule is O=C(NCC1(c2ccsc2)CCOCC1)c1ccc2c(c1)OCO2. The van der Waals surface area contributed by atoms with Crippen molar-refractivity contribution in [1.29, 1.82) is 0 Å². The topological polar surface area (TPSA) is 56.8 Å². The minimum Gasteiger partial charge on any atom is -0.454 e. The summed E-state index contributed by atoms with van der Waals surface area (Å²) in [5.74, 6) is 1.22. The van der Waals surface area contributed by atoms with Crippen LogP contribution in [0.5, 0.6) is 11.5 Å². The number of hydrogen-bond acceptors (Lipinski definition) is 5. The molecule has 0 unspecified atom stereocenters. The second-order valence-corrected chi connectivity index (χ2v) is 6.94. The lowest BCUT2D eigenvalue weighted by atomic mass is 9.75. The minimum absolute atomic E-state index is 0.0375. The molecule has 2 aliphatic rings. The highest BCUT2D eigenvalue weighted by atomic mass is 32.1. The molecule has 1 amide bonds. The van der Waals surface area contributed by atoms with E-state index in [1.807, 2.05) is 0 Å². The van der Waals surface area contributed by atoms with E-state index in [1.165, 1.54) is 5.56 Å². The van der Waals surface area contributed by atoms with E-state index < -0.39 is 0 Å². The first kappa shape index (κ1) is 15.5. The molecule has 0 radical (unpaired) electrons. The van der Waals surface area contributed by atoms with Crippen LogP contribution in [0.15, 0.2) is 35.0 Å². The number of benzene rings is 1. The number of thiophene rings is 1. The van der Waals surface area contributed by atoms with Crippen molar-refractivity contribution in [2.75, 3.05) is 26.6 Å². The predicted molar refractivity (Wildman–Crippen MR) is 90.9 cm³/mol. The van der Waals surface area contributed by atoms with E-state index >= 15 is 0 Å². The molecule has 24 heavy (non-hydrogen) atoms. The van der Waals surface area contributed by atoms with Crippen LogP contribution in [0.1, 0.15) is 28.8 Å². The van der Waals surface area contributed by atoms with Crippen LogP contribution in [0.25, 0.3) is 0 Å². The largest absolute Gasteiger partial charge is 0.454 e. The van der Waals surface area contributed by atoms with E-state index in [-0.39, 0.29) is 18.1 Å². The van der Waals surface area contributed by atoms with E-state index in [0.29, 0.717) is 23.6 Å². The molecule has 3 heterocycles. The highest BCUT2D eigenvalue weighted by Crippen LogP contribution is 2.36. The monoisotopic (exact) mass is 345 g/mol. The Morgan fingerprint density at radius 1 is 1.17 bits per heavy atom. The zero-order valence-electron chi connectivity index (χ0n) is 13.2. The van der Waals surface area contributed by atoms with Gasteiger partial charge in [0.05, 0.1) is 0 Å². The molecule has 5 nitrogen and oxygen atoms in total. The highest BCUT2D eigenvalue weighted by molar-refractivity contribution is 7.08. The van der Waals surface area contributed by atoms with E-state index in [1.54, 1.807) is 29.5 Å². The van der Waals surface area contributed by atoms with Crippen LogP contribution in [0.2, 0.25) is 0 Å². The Morgan fingerprint density at radius 3 is 2.79 bits per heavy atom. The van der Waals surface area contributed by atoms with Gasteiger partial charge >= 0.3 is 0 Å². The third-order valence-corrected chi connectivity index (χ3v) is 5.49.